The van der Waals surface area contributed by atoms with Crippen molar-refractivity contribution in [3.63, 3.8) is 0 Å². The highest BCUT2D eigenvalue weighted by atomic mass is 16.5. The number of hydrogen-bond acceptors (Lipinski definition) is 3. The maximum atomic E-state index is 8.96. The summed E-state index contributed by atoms with van der Waals surface area (Å²) in [6, 6.07) is 5.34. The van der Waals surface area contributed by atoms with Crippen LogP contribution in [0.5, 0.6) is 11.5 Å². The zero-order valence-electron chi connectivity index (χ0n) is 9.06. The van der Waals surface area contributed by atoms with Crippen molar-refractivity contribution in [3.8, 4) is 11.5 Å². The minimum Gasteiger partial charge on any atom is -0.493 e. The maximum Gasteiger partial charge on any atom is 0.162 e. The van der Waals surface area contributed by atoms with Crippen molar-refractivity contribution in [2.24, 2.45) is 0 Å². The van der Waals surface area contributed by atoms with Crippen LogP contribution in [0.1, 0.15) is 12.5 Å². The fourth-order valence-electron chi connectivity index (χ4n) is 1.16. The fourth-order valence-corrected chi connectivity index (χ4v) is 1.16. The third kappa shape index (κ3) is 2.99. The van der Waals surface area contributed by atoms with Crippen LogP contribution < -0.4 is 9.47 Å². The van der Waals surface area contributed by atoms with Crippen LogP contribution >= 0.6 is 0 Å². The summed E-state index contributed by atoms with van der Waals surface area (Å²) in [7, 11) is 1.57. The molecule has 0 heterocycles. The van der Waals surface area contributed by atoms with E-state index in [0.717, 1.165) is 5.56 Å². The van der Waals surface area contributed by atoms with Crippen molar-refractivity contribution < 1.29 is 14.6 Å². The summed E-state index contributed by atoms with van der Waals surface area (Å²) in [5.74, 6) is 1.28. The minimum absolute atomic E-state index is 0.00630. The minimum atomic E-state index is -0.0705. The Morgan fingerprint density at radius 2 is 2.20 bits per heavy atom. The van der Waals surface area contributed by atoms with Gasteiger partial charge in [0.05, 0.1) is 13.7 Å². The van der Waals surface area contributed by atoms with Gasteiger partial charge in [0.15, 0.2) is 11.5 Å². The van der Waals surface area contributed by atoms with Gasteiger partial charge in [-0.05, 0) is 24.6 Å². The highest BCUT2D eigenvalue weighted by molar-refractivity contribution is 5.43. The number of aliphatic hydroxyl groups excluding tert-OH is 1. The van der Waals surface area contributed by atoms with Crippen LogP contribution in [-0.4, -0.2) is 18.3 Å². The Kier molecular flexibility index (Phi) is 4.18. The molecule has 0 aliphatic rings. The first-order valence-electron chi connectivity index (χ1n) is 4.78. The highest BCUT2D eigenvalue weighted by Gasteiger charge is 2.07. The van der Waals surface area contributed by atoms with Crippen LogP contribution in [0.4, 0.5) is 0 Å². The molecule has 0 saturated heterocycles. The van der Waals surface area contributed by atoms with Crippen LogP contribution in [0.15, 0.2) is 30.9 Å². The first-order chi connectivity index (χ1) is 7.21. The molecule has 15 heavy (non-hydrogen) atoms. The van der Waals surface area contributed by atoms with E-state index in [9.17, 15) is 0 Å². The summed E-state index contributed by atoms with van der Waals surface area (Å²) in [6.45, 7) is 5.53. The summed E-state index contributed by atoms with van der Waals surface area (Å²) in [4.78, 5) is 0. The quantitative estimate of drug-likeness (QED) is 0.753. The molecule has 3 heteroatoms. The zero-order chi connectivity index (χ0) is 11.3. The molecular weight excluding hydrogens is 192 g/mol. The summed E-state index contributed by atoms with van der Waals surface area (Å²) in [5.41, 5.74) is 0.797. The van der Waals surface area contributed by atoms with Crippen LogP contribution in [0, 0.1) is 0 Å². The molecule has 1 unspecified atom stereocenters. The van der Waals surface area contributed by atoms with E-state index in [1.165, 1.54) is 0 Å². The van der Waals surface area contributed by atoms with Gasteiger partial charge >= 0.3 is 0 Å². The van der Waals surface area contributed by atoms with Gasteiger partial charge in [-0.2, -0.15) is 0 Å². The average molecular weight is 208 g/mol. The summed E-state index contributed by atoms with van der Waals surface area (Å²) in [6.07, 6.45) is 1.64. The third-order valence-corrected chi connectivity index (χ3v) is 2.06. The molecule has 0 amide bonds. The Labute approximate surface area is 90.0 Å². The number of rotatable bonds is 5. The van der Waals surface area contributed by atoms with Crippen LogP contribution in [0.25, 0.3) is 0 Å². The van der Waals surface area contributed by atoms with Gasteiger partial charge in [0.2, 0.25) is 0 Å². The van der Waals surface area contributed by atoms with E-state index in [1.54, 1.807) is 31.4 Å². The summed E-state index contributed by atoms with van der Waals surface area (Å²) >= 11 is 0. The van der Waals surface area contributed by atoms with Gasteiger partial charge < -0.3 is 14.6 Å². The van der Waals surface area contributed by atoms with Crippen molar-refractivity contribution in [3.05, 3.63) is 36.4 Å². The van der Waals surface area contributed by atoms with E-state index < -0.39 is 0 Å². The number of aliphatic hydroxyl groups is 1. The van der Waals surface area contributed by atoms with E-state index >= 15 is 0 Å². The van der Waals surface area contributed by atoms with Gasteiger partial charge in [-0.15, -0.1) is 0 Å². The lowest BCUT2D eigenvalue weighted by Gasteiger charge is -2.14. The predicted octanol–water partition coefficient (Wildman–Crippen LogP) is 2.14. The molecule has 1 aromatic rings. The average Bonchev–Trinajstić information content (AvgIpc) is 2.29. The fraction of sp³-hybridized carbons (Fsp3) is 0.333. The molecule has 3 nitrogen and oxygen atoms in total. The van der Waals surface area contributed by atoms with Gasteiger partial charge in [-0.25, -0.2) is 0 Å². The van der Waals surface area contributed by atoms with E-state index in [0.29, 0.717) is 11.5 Å². The smallest absolute Gasteiger partial charge is 0.162 e. The Morgan fingerprint density at radius 1 is 1.47 bits per heavy atom. The zero-order valence-corrected chi connectivity index (χ0v) is 9.06. The third-order valence-electron chi connectivity index (χ3n) is 2.06. The molecule has 0 aliphatic heterocycles. The van der Waals surface area contributed by atoms with Crippen molar-refractivity contribution in [1.29, 1.82) is 0 Å². The lowest BCUT2D eigenvalue weighted by Crippen LogP contribution is -2.08. The molecule has 1 N–H and O–H groups in total. The van der Waals surface area contributed by atoms with Crippen LogP contribution in [0.3, 0.4) is 0 Å². The van der Waals surface area contributed by atoms with Gasteiger partial charge in [0.25, 0.3) is 0 Å². The largest absolute Gasteiger partial charge is 0.493 e. The Balaban J connectivity index is 2.91. The Hall–Kier alpha value is -1.48. The normalized spacial score (nSPS) is 11.9. The second-order valence-corrected chi connectivity index (χ2v) is 3.20. The lowest BCUT2D eigenvalue weighted by molar-refractivity contribution is 0.252. The lowest BCUT2D eigenvalue weighted by atomic mass is 10.2. The molecule has 0 spiro atoms. The molecule has 82 valence electrons. The van der Waals surface area contributed by atoms with Crippen LogP contribution in [0.2, 0.25) is 0 Å². The summed E-state index contributed by atoms with van der Waals surface area (Å²) < 4.78 is 10.7. The molecule has 0 aromatic heterocycles. The predicted molar refractivity (Wildman–Crippen MR) is 59.2 cm³/mol. The first kappa shape index (κ1) is 11.6. The second-order valence-electron chi connectivity index (χ2n) is 3.20. The maximum absolute atomic E-state index is 8.96. The van der Waals surface area contributed by atoms with Crippen molar-refractivity contribution in [2.75, 3.05) is 7.11 Å². The molecular formula is C12H16O3. The number of ether oxygens (including phenoxy) is 2. The van der Waals surface area contributed by atoms with Gasteiger partial charge in [0, 0.05) is 0 Å². The van der Waals surface area contributed by atoms with E-state index in [4.69, 9.17) is 14.6 Å². The first-order valence-corrected chi connectivity index (χ1v) is 4.78. The van der Waals surface area contributed by atoms with E-state index in [2.05, 4.69) is 6.58 Å². The summed E-state index contributed by atoms with van der Waals surface area (Å²) in [5, 5.41) is 8.96. The molecule has 1 aromatic carbocycles. The topological polar surface area (TPSA) is 38.7 Å². The van der Waals surface area contributed by atoms with Crippen molar-refractivity contribution in [2.45, 2.75) is 19.6 Å². The highest BCUT2D eigenvalue weighted by Crippen LogP contribution is 2.28. The molecule has 1 rings (SSSR count). The molecule has 1 atom stereocenters. The SMILES string of the molecule is C=CC(C)Oc1ccc(CO)cc1OC. The van der Waals surface area contributed by atoms with Gasteiger partial charge in [0.1, 0.15) is 6.10 Å². The van der Waals surface area contributed by atoms with Crippen molar-refractivity contribution >= 4 is 0 Å². The van der Waals surface area contributed by atoms with E-state index in [1.807, 2.05) is 6.92 Å². The molecule has 0 fully saturated rings. The Morgan fingerprint density at radius 3 is 2.73 bits per heavy atom. The number of benzene rings is 1. The molecule has 0 bridgehead atoms. The number of methoxy groups -OCH3 is 1. The molecule has 0 aliphatic carbocycles. The Bertz CT molecular complexity index is 334. The monoisotopic (exact) mass is 208 g/mol. The standard InChI is InChI=1S/C12H16O3/c1-4-9(2)15-11-6-5-10(8-13)7-12(11)14-3/h4-7,9,13H,1,8H2,2-3H3. The van der Waals surface area contributed by atoms with E-state index in [-0.39, 0.29) is 12.7 Å². The van der Waals surface area contributed by atoms with Crippen molar-refractivity contribution in [1.82, 2.24) is 0 Å². The van der Waals surface area contributed by atoms with Gasteiger partial charge in [-0.1, -0.05) is 18.7 Å². The van der Waals surface area contributed by atoms with Crippen LogP contribution in [-0.2, 0) is 6.61 Å². The van der Waals surface area contributed by atoms with Gasteiger partial charge in [-0.3, -0.25) is 0 Å². The molecule has 0 radical (unpaired) electrons. The number of hydrogen-bond donors (Lipinski definition) is 1. The second kappa shape index (κ2) is 5.41. The molecule has 0 saturated carbocycles.